The van der Waals surface area contributed by atoms with Crippen LogP contribution in [0.25, 0.3) is 11.0 Å². The van der Waals surface area contributed by atoms with Gasteiger partial charge in [-0.05, 0) is 24.1 Å². The molecule has 22 heavy (non-hydrogen) atoms. The van der Waals surface area contributed by atoms with E-state index in [1.54, 1.807) is 0 Å². The molecule has 3 aromatic rings. The first-order valence-corrected chi connectivity index (χ1v) is 7.44. The molecule has 0 spiro atoms. The van der Waals surface area contributed by atoms with Crippen LogP contribution in [0.2, 0.25) is 0 Å². The molecular weight excluding hydrogens is 276 g/mol. The van der Waals surface area contributed by atoms with E-state index in [0.29, 0.717) is 24.7 Å². The molecule has 0 aliphatic carbocycles. The van der Waals surface area contributed by atoms with Crippen molar-refractivity contribution < 1.29 is 9.53 Å². The molecule has 4 nitrogen and oxygen atoms in total. The highest BCUT2D eigenvalue weighted by molar-refractivity contribution is 5.79. The molecule has 0 saturated heterocycles. The molecule has 0 amide bonds. The smallest absolute Gasteiger partial charge is 0.297 e. The van der Waals surface area contributed by atoms with Crippen molar-refractivity contribution in [3.63, 3.8) is 0 Å². The molecule has 1 aromatic heterocycles. The molecule has 3 rings (SSSR count). The monoisotopic (exact) mass is 294 g/mol. The van der Waals surface area contributed by atoms with Gasteiger partial charge in [-0.15, -0.1) is 0 Å². The molecule has 0 saturated carbocycles. The quantitative estimate of drug-likeness (QED) is 0.651. The van der Waals surface area contributed by atoms with Crippen molar-refractivity contribution in [1.82, 2.24) is 9.55 Å². The number of aldehydes is 1. The van der Waals surface area contributed by atoms with E-state index >= 15 is 0 Å². The van der Waals surface area contributed by atoms with E-state index in [4.69, 9.17) is 4.74 Å². The van der Waals surface area contributed by atoms with Gasteiger partial charge in [-0.3, -0.25) is 9.36 Å². The van der Waals surface area contributed by atoms with E-state index in [9.17, 15) is 4.79 Å². The standard InChI is InChI=1S/C18H18N2O2/c1-2-11-22-18-19-16-9-5-6-10-17(16)20(18)12-14-7-3-4-8-15(14)13-21/h3-10,13H,2,11-12H2,1H3. The number of nitrogens with zero attached hydrogens (tertiary/aromatic N) is 2. The Morgan fingerprint density at radius 3 is 2.73 bits per heavy atom. The Bertz CT molecular complexity index is 793. The van der Waals surface area contributed by atoms with E-state index in [2.05, 4.69) is 11.9 Å². The largest absolute Gasteiger partial charge is 0.465 e. The third-order valence-corrected chi connectivity index (χ3v) is 3.57. The summed E-state index contributed by atoms with van der Waals surface area (Å²) >= 11 is 0. The Hall–Kier alpha value is -2.62. The number of imidazole rings is 1. The first kappa shape index (κ1) is 14.3. The number of benzene rings is 2. The van der Waals surface area contributed by atoms with Gasteiger partial charge in [0.2, 0.25) is 0 Å². The van der Waals surface area contributed by atoms with Crippen LogP contribution in [-0.4, -0.2) is 22.4 Å². The zero-order valence-electron chi connectivity index (χ0n) is 12.5. The Balaban J connectivity index is 2.06. The van der Waals surface area contributed by atoms with Crippen LogP contribution in [0.3, 0.4) is 0 Å². The molecule has 0 bridgehead atoms. The SMILES string of the molecule is CCCOc1nc2ccccc2n1Cc1ccccc1C=O. The highest BCUT2D eigenvalue weighted by Crippen LogP contribution is 2.23. The Morgan fingerprint density at radius 1 is 1.14 bits per heavy atom. The predicted molar refractivity (Wildman–Crippen MR) is 86.5 cm³/mol. The second-order valence-electron chi connectivity index (χ2n) is 5.13. The number of carbonyl (C=O) groups excluding carboxylic acids is 1. The van der Waals surface area contributed by atoms with E-state index in [0.717, 1.165) is 29.3 Å². The van der Waals surface area contributed by atoms with E-state index in [1.807, 2.05) is 53.1 Å². The van der Waals surface area contributed by atoms with Crippen LogP contribution in [-0.2, 0) is 6.54 Å². The topological polar surface area (TPSA) is 44.1 Å². The summed E-state index contributed by atoms with van der Waals surface area (Å²) in [6.45, 7) is 3.25. The number of aromatic nitrogens is 2. The maximum atomic E-state index is 11.2. The van der Waals surface area contributed by atoms with Gasteiger partial charge in [0.25, 0.3) is 6.01 Å². The van der Waals surface area contributed by atoms with E-state index in [1.165, 1.54) is 0 Å². The lowest BCUT2D eigenvalue weighted by molar-refractivity contribution is 0.112. The Labute approximate surface area is 129 Å². The number of hydrogen-bond acceptors (Lipinski definition) is 3. The normalized spacial score (nSPS) is 10.8. The first-order chi connectivity index (χ1) is 10.8. The van der Waals surface area contributed by atoms with Crippen molar-refractivity contribution >= 4 is 17.3 Å². The average molecular weight is 294 g/mol. The number of carbonyl (C=O) groups is 1. The third-order valence-electron chi connectivity index (χ3n) is 3.57. The highest BCUT2D eigenvalue weighted by atomic mass is 16.5. The summed E-state index contributed by atoms with van der Waals surface area (Å²) in [6, 6.07) is 16.1. The van der Waals surface area contributed by atoms with Gasteiger partial charge in [0.1, 0.15) is 6.29 Å². The number of fused-ring (bicyclic) bond motifs is 1. The van der Waals surface area contributed by atoms with Crippen LogP contribution in [0.4, 0.5) is 0 Å². The van der Waals surface area contributed by atoms with Crippen LogP contribution in [0.1, 0.15) is 29.3 Å². The maximum absolute atomic E-state index is 11.2. The lowest BCUT2D eigenvalue weighted by Gasteiger charge is -2.11. The molecule has 0 aliphatic rings. The first-order valence-electron chi connectivity index (χ1n) is 7.44. The molecule has 0 unspecified atom stereocenters. The van der Waals surface area contributed by atoms with Crippen LogP contribution < -0.4 is 4.74 Å². The summed E-state index contributed by atoms with van der Waals surface area (Å²) in [6.07, 6.45) is 1.81. The maximum Gasteiger partial charge on any atom is 0.297 e. The molecular formula is C18H18N2O2. The Morgan fingerprint density at radius 2 is 1.91 bits per heavy atom. The number of hydrogen-bond donors (Lipinski definition) is 0. The van der Waals surface area contributed by atoms with Crippen molar-refractivity contribution in [2.24, 2.45) is 0 Å². The molecule has 2 aromatic carbocycles. The zero-order chi connectivity index (χ0) is 15.4. The van der Waals surface area contributed by atoms with E-state index < -0.39 is 0 Å². The molecule has 0 N–H and O–H groups in total. The fourth-order valence-corrected chi connectivity index (χ4v) is 2.47. The minimum Gasteiger partial charge on any atom is -0.465 e. The minimum absolute atomic E-state index is 0.564. The lowest BCUT2D eigenvalue weighted by atomic mass is 10.1. The molecule has 4 heteroatoms. The van der Waals surface area contributed by atoms with Gasteiger partial charge >= 0.3 is 0 Å². The summed E-state index contributed by atoms with van der Waals surface area (Å²) in [4.78, 5) is 15.8. The number of rotatable bonds is 6. The lowest BCUT2D eigenvalue weighted by Crippen LogP contribution is -2.07. The van der Waals surface area contributed by atoms with E-state index in [-0.39, 0.29) is 0 Å². The molecule has 0 atom stereocenters. The van der Waals surface area contributed by atoms with Gasteiger partial charge in [0.05, 0.1) is 24.2 Å². The van der Waals surface area contributed by atoms with Gasteiger partial charge in [0, 0.05) is 5.56 Å². The number of ether oxygens (including phenoxy) is 1. The second-order valence-corrected chi connectivity index (χ2v) is 5.13. The summed E-state index contributed by atoms with van der Waals surface area (Å²) in [5.74, 6) is 0. The fourth-order valence-electron chi connectivity index (χ4n) is 2.47. The van der Waals surface area contributed by atoms with Crippen LogP contribution >= 0.6 is 0 Å². The van der Waals surface area contributed by atoms with Crippen molar-refractivity contribution in [3.8, 4) is 6.01 Å². The predicted octanol–water partition coefficient (Wildman–Crippen LogP) is 3.69. The van der Waals surface area contributed by atoms with Gasteiger partial charge < -0.3 is 4.74 Å². The van der Waals surface area contributed by atoms with Crippen LogP contribution in [0.5, 0.6) is 6.01 Å². The van der Waals surface area contributed by atoms with Gasteiger partial charge in [-0.2, -0.15) is 4.98 Å². The summed E-state index contributed by atoms with van der Waals surface area (Å²) in [5, 5.41) is 0. The van der Waals surface area contributed by atoms with Gasteiger partial charge in [0.15, 0.2) is 0 Å². The Kier molecular flexibility index (Phi) is 4.19. The molecule has 0 radical (unpaired) electrons. The van der Waals surface area contributed by atoms with Crippen molar-refractivity contribution in [2.75, 3.05) is 6.61 Å². The highest BCUT2D eigenvalue weighted by Gasteiger charge is 2.13. The third kappa shape index (κ3) is 2.72. The summed E-state index contributed by atoms with van der Waals surface area (Å²) < 4.78 is 7.80. The average Bonchev–Trinajstić information content (AvgIpc) is 2.91. The fraction of sp³-hybridized carbons (Fsp3) is 0.222. The second kappa shape index (κ2) is 6.43. The van der Waals surface area contributed by atoms with Gasteiger partial charge in [-0.1, -0.05) is 43.3 Å². The summed E-state index contributed by atoms with van der Waals surface area (Å²) in [7, 11) is 0. The van der Waals surface area contributed by atoms with Crippen molar-refractivity contribution in [2.45, 2.75) is 19.9 Å². The van der Waals surface area contributed by atoms with Crippen LogP contribution in [0.15, 0.2) is 48.5 Å². The van der Waals surface area contributed by atoms with Gasteiger partial charge in [-0.25, -0.2) is 0 Å². The van der Waals surface area contributed by atoms with Crippen molar-refractivity contribution in [1.29, 1.82) is 0 Å². The number of para-hydroxylation sites is 2. The van der Waals surface area contributed by atoms with Crippen molar-refractivity contribution in [3.05, 3.63) is 59.7 Å². The minimum atomic E-state index is 0.564. The molecule has 0 fully saturated rings. The molecule has 0 aliphatic heterocycles. The molecule has 112 valence electrons. The summed E-state index contributed by atoms with van der Waals surface area (Å²) in [5.41, 5.74) is 3.57. The zero-order valence-corrected chi connectivity index (χ0v) is 12.5. The van der Waals surface area contributed by atoms with Crippen LogP contribution in [0, 0.1) is 0 Å². The molecule has 1 heterocycles.